The number of aryl methyl sites for hydroxylation is 1. The van der Waals surface area contributed by atoms with Crippen LogP contribution in [0.4, 0.5) is 0 Å². The van der Waals surface area contributed by atoms with E-state index < -0.39 is 5.54 Å². The predicted octanol–water partition coefficient (Wildman–Crippen LogP) is 1.49. The largest absolute Gasteiger partial charge is 0.384 e. The molecule has 2 N–H and O–H groups in total. The molecule has 0 fully saturated rings. The van der Waals surface area contributed by atoms with Crippen molar-refractivity contribution in [2.24, 2.45) is 0 Å². The number of aliphatic hydroxyl groups is 1. The molecule has 4 heteroatoms. The van der Waals surface area contributed by atoms with Crippen molar-refractivity contribution < 1.29 is 14.6 Å². The summed E-state index contributed by atoms with van der Waals surface area (Å²) in [5.41, 5.74) is 1.78. The van der Waals surface area contributed by atoms with Gasteiger partial charge < -0.3 is 15.2 Å². The quantitative estimate of drug-likeness (QED) is 0.819. The highest BCUT2D eigenvalue weighted by molar-refractivity contribution is 5.95. The van der Waals surface area contributed by atoms with E-state index in [1.165, 1.54) is 0 Å². The smallest absolute Gasteiger partial charge is 0.251 e. The van der Waals surface area contributed by atoms with E-state index in [1.807, 2.05) is 32.9 Å². The lowest BCUT2D eigenvalue weighted by Gasteiger charge is -2.25. The third kappa shape index (κ3) is 5.04. The number of amides is 1. The van der Waals surface area contributed by atoms with Crippen molar-refractivity contribution in [3.8, 4) is 11.8 Å². The molecule has 1 amide bonds. The second kappa shape index (κ2) is 7.09. The van der Waals surface area contributed by atoms with Crippen molar-refractivity contribution in [2.75, 3.05) is 20.3 Å². The molecule has 0 aliphatic carbocycles. The molecule has 0 spiro atoms. The Kier molecular flexibility index (Phi) is 5.75. The summed E-state index contributed by atoms with van der Waals surface area (Å²) < 4.78 is 5.08. The van der Waals surface area contributed by atoms with Crippen LogP contribution in [0.3, 0.4) is 0 Å². The molecule has 0 atom stereocenters. The zero-order valence-corrected chi connectivity index (χ0v) is 12.4. The summed E-state index contributed by atoms with van der Waals surface area (Å²) >= 11 is 0. The van der Waals surface area contributed by atoms with Crippen molar-refractivity contribution in [2.45, 2.75) is 26.3 Å². The van der Waals surface area contributed by atoms with Crippen LogP contribution >= 0.6 is 0 Å². The zero-order valence-electron chi connectivity index (χ0n) is 12.4. The molecule has 0 saturated carbocycles. The minimum atomic E-state index is -0.438. The van der Waals surface area contributed by atoms with E-state index >= 15 is 0 Å². The van der Waals surface area contributed by atoms with Gasteiger partial charge in [0.2, 0.25) is 0 Å². The van der Waals surface area contributed by atoms with E-state index in [2.05, 4.69) is 17.2 Å². The Morgan fingerprint density at radius 3 is 2.70 bits per heavy atom. The number of rotatable bonds is 4. The summed E-state index contributed by atoms with van der Waals surface area (Å²) in [7, 11) is 1.60. The monoisotopic (exact) mass is 275 g/mol. The number of hydrogen-bond donors (Lipinski definition) is 2. The lowest BCUT2D eigenvalue weighted by atomic mass is 10.0. The molecule has 1 rings (SSSR count). The molecule has 1 aromatic rings. The first-order valence-electron chi connectivity index (χ1n) is 6.41. The van der Waals surface area contributed by atoms with Crippen molar-refractivity contribution in [1.82, 2.24) is 5.32 Å². The fraction of sp³-hybridized carbons (Fsp3) is 0.438. The molecule has 0 bridgehead atoms. The van der Waals surface area contributed by atoms with Gasteiger partial charge in [0.1, 0.15) is 6.61 Å². The maximum absolute atomic E-state index is 12.2. The van der Waals surface area contributed by atoms with Gasteiger partial charge >= 0.3 is 0 Å². The van der Waals surface area contributed by atoms with Crippen LogP contribution in [0.5, 0.6) is 0 Å². The van der Waals surface area contributed by atoms with E-state index in [4.69, 9.17) is 9.84 Å². The highest BCUT2D eigenvalue weighted by Crippen LogP contribution is 2.11. The van der Waals surface area contributed by atoms with Crippen molar-refractivity contribution in [3.05, 3.63) is 34.9 Å². The van der Waals surface area contributed by atoms with Gasteiger partial charge in [0.15, 0.2) is 0 Å². The van der Waals surface area contributed by atoms with Crippen LogP contribution in [0, 0.1) is 18.8 Å². The van der Waals surface area contributed by atoms with E-state index in [0.29, 0.717) is 17.7 Å². The van der Waals surface area contributed by atoms with Crippen LogP contribution in [-0.4, -0.2) is 36.9 Å². The summed E-state index contributed by atoms with van der Waals surface area (Å²) in [5, 5.41) is 11.6. The molecule has 1 aromatic carbocycles. The summed E-state index contributed by atoms with van der Waals surface area (Å²) in [6.45, 7) is 5.94. The normalized spacial score (nSPS) is 10.7. The Labute approximate surface area is 120 Å². The molecule has 0 saturated heterocycles. The number of carbonyl (C=O) groups excluding carboxylic acids is 1. The second-order valence-corrected chi connectivity index (χ2v) is 5.32. The van der Waals surface area contributed by atoms with Crippen molar-refractivity contribution in [1.29, 1.82) is 0 Å². The first-order valence-corrected chi connectivity index (χ1v) is 6.41. The molecule has 0 aliphatic rings. The number of benzene rings is 1. The van der Waals surface area contributed by atoms with Crippen LogP contribution in [0.2, 0.25) is 0 Å². The van der Waals surface area contributed by atoms with Crippen LogP contribution in [-0.2, 0) is 4.74 Å². The molecule has 0 radical (unpaired) electrons. The maximum Gasteiger partial charge on any atom is 0.251 e. The van der Waals surface area contributed by atoms with Gasteiger partial charge in [-0.25, -0.2) is 0 Å². The topological polar surface area (TPSA) is 58.6 Å². The first kappa shape index (κ1) is 16.2. The average molecular weight is 275 g/mol. The SMILES string of the molecule is COCC(C)(C)NC(=O)c1cc(C)cc(C#CCO)c1. The van der Waals surface area contributed by atoms with E-state index in [-0.39, 0.29) is 12.5 Å². The lowest BCUT2D eigenvalue weighted by molar-refractivity contribution is 0.0820. The molecule has 108 valence electrons. The van der Waals surface area contributed by atoms with Gasteiger partial charge in [-0.15, -0.1) is 0 Å². The van der Waals surface area contributed by atoms with Crippen LogP contribution < -0.4 is 5.32 Å². The summed E-state index contributed by atoms with van der Waals surface area (Å²) in [5.74, 6) is 5.23. The Morgan fingerprint density at radius 1 is 1.40 bits per heavy atom. The van der Waals surface area contributed by atoms with Gasteiger partial charge in [-0.2, -0.15) is 0 Å². The minimum Gasteiger partial charge on any atom is -0.384 e. The number of ether oxygens (including phenoxy) is 1. The molecule has 20 heavy (non-hydrogen) atoms. The average Bonchev–Trinajstić information content (AvgIpc) is 2.35. The molecule has 0 heterocycles. The van der Waals surface area contributed by atoms with Gasteiger partial charge in [-0.3, -0.25) is 4.79 Å². The fourth-order valence-corrected chi connectivity index (χ4v) is 1.90. The maximum atomic E-state index is 12.2. The van der Waals surface area contributed by atoms with Gasteiger partial charge in [0, 0.05) is 18.2 Å². The number of hydrogen-bond acceptors (Lipinski definition) is 3. The zero-order chi connectivity index (χ0) is 15.2. The first-order chi connectivity index (χ1) is 9.38. The van der Waals surface area contributed by atoms with Gasteiger partial charge in [0.05, 0.1) is 12.1 Å². The standard InChI is InChI=1S/C16H21NO3/c1-12-8-13(6-5-7-18)10-14(9-12)15(19)17-16(2,3)11-20-4/h8-10,18H,7,11H2,1-4H3,(H,17,19). The second-order valence-electron chi connectivity index (χ2n) is 5.32. The molecule has 0 unspecified atom stereocenters. The van der Waals surface area contributed by atoms with Crippen molar-refractivity contribution in [3.63, 3.8) is 0 Å². The predicted molar refractivity (Wildman–Crippen MR) is 78.6 cm³/mol. The lowest BCUT2D eigenvalue weighted by Crippen LogP contribution is -2.46. The van der Waals surface area contributed by atoms with Crippen LogP contribution in [0.25, 0.3) is 0 Å². The number of aliphatic hydroxyl groups excluding tert-OH is 1. The third-order valence-corrected chi connectivity index (χ3v) is 2.61. The highest BCUT2D eigenvalue weighted by Gasteiger charge is 2.21. The third-order valence-electron chi connectivity index (χ3n) is 2.61. The van der Waals surface area contributed by atoms with Crippen LogP contribution in [0.15, 0.2) is 18.2 Å². The fourth-order valence-electron chi connectivity index (χ4n) is 1.90. The van der Waals surface area contributed by atoms with Gasteiger partial charge in [0.25, 0.3) is 5.91 Å². The Morgan fingerprint density at radius 2 is 2.10 bits per heavy atom. The van der Waals surface area contributed by atoms with E-state index in [0.717, 1.165) is 5.56 Å². The van der Waals surface area contributed by atoms with Crippen molar-refractivity contribution >= 4 is 5.91 Å². The van der Waals surface area contributed by atoms with E-state index in [9.17, 15) is 4.79 Å². The highest BCUT2D eigenvalue weighted by atomic mass is 16.5. The molecular formula is C16H21NO3. The molecule has 0 aliphatic heterocycles. The number of methoxy groups -OCH3 is 1. The summed E-state index contributed by atoms with van der Waals surface area (Å²) in [6, 6.07) is 5.40. The minimum absolute atomic E-state index is 0.164. The molecule has 4 nitrogen and oxygen atoms in total. The molecular weight excluding hydrogens is 254 g/mol. The summed E-state index contributed by atoms with van der Waals surface area (Å²) in [4.78, 5) is 12.2. The number of carbonyl (C=O) groups is 1. The van der Waals surface area contributed by atoms with Gasteiger partial charge in [-0.1, -0.05) is 11.8 Å². The Hall–Kier alpha value is -1.83. The summed E-state index contributed by atoms with van der Waals surface area (Å²) in [6.07, 6.45) is 0. The van der Waals surface area contributed by atoms with E-state index in [1.54, 1.807) is 13.2 Å². The Bertz CT molecular complexity index is 538. The molecule has 0 aromatic heterocycles. The number of nitrogens with one attached hydrogen (secondary N) is 1. The van der Waals surface area contributed by atoms with Crippen LogP contribution in [0.1, 0.15) is 35.3 Å². The Balaban J connectivity index is 2.96. The van der Waals surface area contributed by atoms with Gasteiger partial charge in [-0.05, 0) is 44.5 Å².